The lowest BCUT2D eigenvalue weighted by Gasteiger charge is -2.10. The Morgan fingerprint density at radius 3 is 2.67 bits per heavy atom. The molecule has 0 aromatic heterocycles. The molecule has 0 spiro atoms. The van der Waals surface area contributed by atoms with Gasteiger partial charge in [0.05, 0.1) is 22.3 Å². The van der Waals surface area contributed by atoms with E-state index in [0.717, 1.165) is 21.4 Å². The van der Waals surface area contributed by atoms with Crippen molar-refractivity contribution in [3.8, 4) is 6.07 Å². The normalized spacial score (nSPS) is 9.89. The summed E-state index contributed by atoms with van der Waals surface area (Å²) in [5.41, 5.74) is 3.36. The first kappa shape index (κ1) is 12.9. The second kappa shape index (κ2) is 5.43. The van der Waals surface area contributed by atoms with E-state index in [-0.39, 0.29) is 0 Å². The predicted octanol–water partition coefficient (Wildman–Crippen LogP) is 5.03. The minimum absolute atomic E-state index is 0.653. The van der Waals surface area contributed by atoms with Gasteiger partial charge in [0, 0.05) is 10.2 Å². The summed E-state index contributed by atoms with van der Waals surface area (Å²) in [5, 5.41) is 12.8. The van der Waals surface area contributed by atoms with Gasteiger partial charge in [0.2, 0.25) is 0 Å². The summed E-state index contributed by atoms with van der Waals surface area (Å²) in [6, 6.07) is 13.4. The second-order valence-electron chi connectivity index (χ2n) is 3.89. The van der Waals surface area contributed by atoms with Crippen LogP contribution >= 0.6 is 27.5 Å². The fraction of sp³-hybridized carbons (Fsp3) is 0.0714. The van der Waals surface area contributed by atoms with Crippen molar-refractivity contribution in [3.05, 3.63) is 57.0 Å². The molecule has 0 unspecified atom stereocenters. The number of hydrogen-bond donors (Lipinski definition) is 1. The van der Waals surface area contributed by atoms with Crippen molar-refractivity contribution in [3.63, 3.8) is 0 Å². The third kappa shape index (κ3) is 2.84. The monoisotopic (exact) mass is 320 g/mol. The molecule has 4 heteroatoms. The van der Waals surface area contributed by atoms with Gasteiger partial charge in [-0.05, 0) is 48.9 Å². The lowest BCUT2D eigenvalue weighted by atomic mass is 10.1. The zero-order chi connectivity index (χ0) is 13.1. The molecule has 0 aliphatic heterocycles. The van der Waals surface area contributed by atoms with Crippen molar-refractivity contribution in [2.45, 2.75) is 6.92 Å². The average molecular weight is 322 g/mol. The lowest BCUT2D eigenvalue weighted by Crippen LogP contribution is -1.93. The SMILES string of the molecule is Cc1cc(Nc2cc(Br)ccc2Cl)ccc1C#N. The Kier molecular flexibility index (Phi) is 3.90. The Hall–Kier alpha value is -1.50. The first-order chi connectivity index (χ1) is 8.60. The van der Waals surface area contributed by atoms with E-state index in [4.69, 9.17) is 16.9 Å². The number of nitriles is 1. The Labute approximate surface area is 119 Å². The first-order valence-corrected chi connectivity index (χ1v) is 6.50. The highest BCUT2D eigenvalue weighted by Gasteiger charge is 2.03. The Morgan fingerprint density at radius 1 is 1.22 bits per heavy atom. The molecule has 2 aromatic rings. The van der Waals surface area contributed by atoms with Gasteiger partial charge in [-0.15, -0.1) is 0 Å². The van der Waals surface area contributed by atoms with E-state index in [0.29, 0.717) is 10.6 Å². The van der Waals surface area contributed by atoms with Gasteiger partial charge in [-0.3, -0.25) is 0 Å². The van der Waals surface area contributed by atoms with Crippen LogP contribution in [-0.2, 0) is 0 Å². The van der Waals surface area contributed by atoms with Crippen LogP contribution in [0.5, 0.6) is 0 Å². The van der Waals surface area contributed by atoms with Crippen LogP contribution in [0.4, 0.5) is 11.4 Å². The number of nitrogens with zero attached hydrogens (tertiary/aromatic N) is 1. The maximum absolute atomic E-state index is 8.88. The van der Waals surface area contributed by atoms with E-state index < -0.39 is 0 Å². The molecule has 0 radical (unpaired) electrons. The minimum Gasteiger partial charge on any atom is -0.354 e. The molecule has 2 rings (SSSR count). The molecule has 0 atom stereocenters. The molecule has 0 heterocycles. The molecule has 0 bridgehead atoms. The zero-order valence-electron chi connectivity index (χ0n) is 9.67. The van der Waals surface area contributed by atoms with Crippen molar-refractivity contribution >= 4 is 38.9 Å². The molecule has 0 amide bonds. The number of aryl methyl sites for hydroxylation is 1. The third-order valence-corrected chi connectivity index (χ3v) is 3.38. The number of halogens is 2. The van der Waals surface area contributed by atoms with Crippen LogP contribution in [0.2, 0.25) is 5.02 Å². The van der Waals surface area contributed by atoms with Crippen LogP contribution in [0.15, 0.2) is 40.9 Å². The Morgan fingerprint density at radius 2 is 2.00 bits per heavy atom. The van der Waals surface area contributed by atoms with Crippen molar-refractivity contribution in [2.75, 3.05) is 5.32 Å². The highest BCUT2D eigenvalue weighted by molar-refractivity contribution is 9.10. The van der Waals surface area contributed by atoms with Crippen LogP contribution in [0.25, 0.3) is 0 Å². The molecule has 1 N–H and O–H groups in total. The minimum atomic E-state index is 0.653. The summed E-state index contributed by atoms with van der Waals surface area (Å²) in [6.45, 7) is 1.91. The predicted molar refractivity (Wildman–Crippen MR) is 78.3 cm³/mol. The average Bonchev–Trinajstić information content (AvgIpc) is 2.34. The summed E-state index contributed by atoms with van der Waals surface area (Å²) in [4.78, 5) is 0. The summed E-state index contributed by atoms with van der Waals surface area (Å²) in [7, 11) is 0. The fourth-order valence-electron chi connectivity index (χ4n) is 1.62. The molecule has 0 saturated heterocycles. The Balaban J connectivity index is 2.32. The molecule has 0 aliphatic carbocycles. The Bertz CT molecular complexity index is 632. The van der Waals surface area contributed by atoms with Gasteiger partial charge in [0.1, 0.15) is 0 Å². The number of rotatable bonds is 2. The van der Waals surface area contributed by atoms with Crippen molar-refractivity contribution in [2.24, 2.45) is 0 Å². The van der Waals surface area contributed by atoms with E-state index >= 15 is 0 Å². The highest BCUT2D eigenvalue weighted by Crippen LogP contribution is 2.29. The standard InChI is InChI=1S/C14H10BrClN2/c1-9-6-12(4-2-10(9)8-17)18-14-7-11(15)3-5-13(14)16/h2-7,18H,1H3. The van der Waals surface area contributed by atoms with E-state index in [1.807, 2.05) is 37.3 Å². The van der Waals surface area contributed by atoms with Crippen LogP contribution in [0, 0.1) is 18.3 Å². The molecule has 90 valence electrons. The van der Waals surface area contributed by atoms with Crippen LogP contribution in [0.3, 0.4) is 0 Å². The summed E-state index contributed by atoms with van der Waals surface area (Å²) in [5.74, 6) is 0. The molecule has 2 aromatic carbocycles. The fourth-order valence-corrected chi connectivity index (χ4v) is 2.14. The van der Waals surface area contributed by atoms with Crippen LogP contribution in [-0.4, -0.2) is 0 Å². The maximum Gasteiger partial charge on any atom is 0.0994 e. The van der Waals surface area contributed by atoms with Gasteiger partial charge in [0.15, 0.2) is 0 Å². The van der Waals surface area contributed by atoms with Gasteiger partial charge in [-0.2, -0.15) is 5.26 Å². The topological polar surface area (TPSA) is 35.8 Å². The number of hydrogen-bond acceptors (Lipinski definition) is 2. The maximum atomic E-state index is 8.88. The number of anilines is 2. The highest BCUT2D eigenvalue weighted by atomic mass is 79.9. The van der Waals surface area contributed by atoms with Crippen molar-refractivity contribution < 1.29 is 0 Å². The lowest BCUT2D eigenvalue weighted by molar-refractivity contribution is 1.38. The number of benzene rings is 2. The van der Waals surface area contributed by atoms with Crippen LogP contribution < -0.4 is 5.32 Å². The van der Waals surface area contributed by atoms with Gasteiger partial charge >= 0.3 is 0 Å². The van der Waals surface area contributed by atoms with E-state index in [2.05, 4.69) is 27.3 Å². The van der Waals surface area contributed by atoms with E-state index in [1.165, 1.54) is 0 Å². The molecule has 0 saturated carbocycles. The van der Waals surface area contributed by atoms with Gasteiger partial charge < -0.3 is 5.32 Å². The third-order valence-electron chi connectivity index (χ3n) is 2.55. The second-order valence-corrected chi connectivity index (χ2v) is 5.21. The molecule has 2 nitrogen and oxygen atoms in total. The molecular formula is C14H10BrClN2. The largest absolute Gasteiger partial charge is 0.354 e. The summed E-state index contributed by atoms with van der Waals surface area (Å²) in [6.07, 6.45) is 0. The van der Waals surface area contributed by atoms with Crippen LogP contribution in [0.1, 0.15) is 11.1 Å². The summed E-state index contributed by atoms with van der Waals surface area (Å²) < 4.78 is 0.958. The number of nitrogens with one attached hydrogen (secondary N) is 1. The summed E-state index contributed by atoms with van der Waals surface area (Å²) >= 11 is 9.51. The van der Waals surface area contributed by atoms with E-state index in [9.17, 15) is 0 Å². The molecule has 0 aliphatic rings. The quantitative estimate of drug-likeness (QED) is 0.842. The molecule has 18 heavy (non-hydrogen) atoms. The smallest absolute Gasteiger partial charge is 0.0994 e. The molecular weight excluding hydrogens is 312 g/mol. The van der Waals surface area contributed by atoms with Crippen molar-refractivity contribution in [1.29, 1.82) is 5.26 Å². The first-order valence-electron chi connectivity index (χ1n) is 5.33. The van der Waals surface area contributed by atoms with Gasteiger partial charge in [0.25, 0.3) is 0 Å². The van der Waals surface area contributed by atoms with Gasteiger partial charge in [-0.25, -0.2) is 0 Å². The zero-order valence-corrected chi connectivity index (χ0v) is 12.0. The van der Waals surface area contributed by atoms with Gasteiger partial charge in [-0.1, -0.05) is 27.5 Å². The van der Waals surface area contributed by atoms with E-state index in [1.54, 1.807) is 6.07 Å². The molecule has 0 fully saturated rings. The van der Waals surface area contributed by atoms with Crippen molar-refractivity contribution in [1.82, 2.24) is 0 Å².